The van der Waals surface area contributed by atoms with Crippen molar-refractivity contribution in [2.45, 2.75) is 52.0 Å². The highest BCUT2D eigenvalue weighted by Crippen LogP contribution is 2.14. The summed E-state index contributed by atoms with van der Waals surface area (Å²) in [6.07, 6.45) is 5.69. The minimum Gasteiger partial charge on any atom is -0.381 e. The molecule has 27 heavy (non-hydrogen) atoms. The van der Waals surface area contributed by atoms with E-state index in [1.165, 1.54) is 32.5 Å². The summed E-state index contributed by atoms with van der Waals surface area (Å²) in [6, 6.07) is 0.536. The average molecular weight is 496 g/mol. The molecule has 6 nitrogen and oxygen atoms in total. The number of nitrogens with zero attached hydrogens (tertiary/aromatic N) is 2. The molecule has 0 radical (unpaired) electrons. The van der Waals surface area contributed by atoms with Crippen LogP contribution in [-0.4, -0.2) is 76.6 Å². The summed E-state index contributed by atoms with van der Waals surface area (Å²) in [5.41, 5.74) is 0. The second-order valence-electron chi connectivity index (χ2n) is 8.10. The fourth-order valence-electron chi connectivity index (χ4n) is 3.71. The maximum atomic E-state index is 5.82. The lowest BCUT2D eigenvalue weighted by Crippen LogP contribution is -2.49. The summed E-state index contributed by atoms with van der Waals surface area (Å²) >= 11 is 0. The van der Waals surface area contributed by atoms with E-state index in [0.29, 0.717) is 12.0 Å². The smallest absolute Gasteiger partial charge is 0.191 e. The van der Waals surface area contributed by atoms with Gasteiger partial charge in [0.1, 0.15) is 0 Å². The Kier molecular flexibility index (Phi) is 13.7. The second-order valence-corrected chi connectivity index (χ2v) is 8.10. The summed E-state index contributed by atoms with van der Waals surface area (Å²) in [5.74, 6) is 2.37. The van der Waals surface area contributed by atoms with Crippen LogP contribution in [0.4, 0.5) is 0 Å². The maximum Gasteiger partial charge on any atom is 0.191 e. The van der Waals surface area contributed by atoms with Gasteiger partial charge in [-0.25, -0.2) is 0 Å². The molecule has 0 aromatic rings. The van der Waals surface area contributed by atoms with Crippen molar-refractivity contribution in [2.75, 3.05) is 59.7 Å². The largest absolute Gasteiger partial charge is 0.381 e. The number of nitrogens with one attached hydrogen (secondary N) is 2. The highest BCUT2D eigenvalue weighted by Gasteiger charge is 2.20. The van der Waals surface area contributed by atoms with E-state index in [2.05, 4.69) is 34.4 Å². The summed E-state index contributed by atoms with van der Waals surface area (Å²) in [4.78, 5) is 6.95. The van der Waals surface area contributed by atoms with Crippen LogP contribution in [0.3, 0.4) is 0 Å². The van der Waals surface area contributed by atoms with Crippen molar-refractivity contribution >= 4 is 29.9 Å². The molecule has 160 valence electrons. The van der Waals surface area contributed by atoms with Crippen LogP contribution in [0.1, 0.15) is 46.0 Å². The topological polar surface area (TPSA) is 58.1 Å². The lowest BCUT2D eigenvalue weighted by molar-refractivity contribution is 0.0203. The van der Waals surface area contributed by atoms with Crippen molar-refractivity contribution in [3.8, 4) is 0 Å². The first-order valence-electron chi connectivity index (χ1n) is 10.5. The number of hydrogen-bond acceptors (Lipinski definition) is 4. The van der Waals surface area contributed by atoms with Gasteiger partial charge in [0.05, 0.1) is 0 Å². The zero-order chi connectivity index (χ0) is 18.6. The third-order valence-electron chi connectivity index (χ3n) is 5.23. The molecule has 7 heteroatoms. The van der Waals surface area contributed by atoms with Crippen LogP contribution in [0.5, 0.6) is 0 Å². The van der Waals surface area contributed by atoms with E-state index in [-0.39, 0.29) is 24.0 Å². The molecule has 2 saturated heterocycles. The lowest BCUT2D eigenvalue weighted by atomic mass is 10.0. The number of rotatable bonds is 9. The van der Waals surface area contributed by atoms with Crippen molar-refractivity contribution in [1.82, 2.24) is 15.5 Å². The van der Waals surface area contributed by atoms with E-state index in [0.717, 1.165) is 64.1 Å². The van der Waals surface area contributed by atoms with Crippen LogP contribution in [0.2, 0.25) is 0 Å². The molecule has 0 aromatic carbocycles. The molecule has 0 amide bonds. The Bertz CT molecular complexity index is 395. The summed E-state index contributed by atoms with van der Waals surface area (Å²) in [7, 11) is 1.85. The molecule has 0 atom stereocenters. The van der Waals surface area contributed by atoms with Crippen LogP contribution < -0.4 is 10.6 Å². The summed E-state index contributed by atoms with van der Waals surface area (Å²) in [6.45, 7) is 12.6. The van der Waals surface area contributed by atoms with Gasteiger partial charge >= 0.3 is 0 Å². The van der Waals surface area contributed by atoms with Crippen molar-refractivity contribution < 1.29 is 9.47 Å². The number of halogens is 1. The molecule has 0 bridgehead atoms. The molecule has 0 unspecified atom stereocenters. The number of piperidine rings is 1. The number of likely N-dealkylation sites (tertiary alicyclic amines) is 1. The summed E-state index contributed by atoms with van der Waals surface area (Å²) < 4.78 is 11.2. The van der Waals surface area contributed by atoms with Crippen molar-refractivity contribution in [3.05, 3.63) is 0 Å². The van der Waals surface area contributed by atoms with Crippen molar-refractivity contribution in [2.24, 2.45) is 16.8 Å². The standard InChI is InChI=1S/C20H40N4O2.HI/c1-17(2)15-24-10-5-19(6-11-24)23-20(21-3)22-9-4-12-26-16-18-7-13-25-14-8-18;/h17-19H,4-16H2,1-3H3,(H2,21,22,23);1H. The van der Waals surface area contributed by atoms with Gasteiger partial charge in [-0.2, -0.15) is 0 Å². The molecule has 0 saturated carbocycles. The Morgan fingerprint density at radius 3 is 2.52 bits per heavy atom. The monoisotopic (exact) mass is 496 g/mol. The normalized spacial score (nSPS) is 20.5. The third kappa shape index (κ3) is 10.9. The molecule has 2 aliphatic rings. The Morgan fingerprint density at radius 1 is 1.19 bits per heavy atom. The Hall–Kier alpha value is -0.120. The van der Waals surface area contributed by atoms with Gasteiger partial charge in [-0.15, -0.1) is 24.0 Å². The Morgan fingerprint density at radius 2 is 1.89 bits per heavy atom. The predicted octanol–water partition coefficient (Wildman–Crippen LogP) is 2.72. The van der Waals surface area contributed by atoms with Crippen LogP contribution in [-0.2, 0) is 9.47 Å². The molecule has 0 spiro atoms. The molecule has 2 fully saturated rings. The number of ether oxygens (including phenoxy) is 2. The number of aliphatic imine (C=N–C) groups is 1. The Balaban J connectivity index is 0.00000364. The Labute approximate surface area is 183 Å². The summed E-state index contributed by atoms with van der Waals surface area (Å²) in [5, 5.41) is 7.00. The minimum absolute atomic E-state index is 0. The predicted molar refractivity (Wildman–Crippen MR) is 123 cm³/mol. The lowest BCUT2D eigenvalue weighted by Gasteiger charge is -2.34. The minimum atomic E-state index is 0. The van der Waals surface area contributed by atoms with E-state index >= 15 is 0 Å². The van der Waals surface area contributed by atoms with Gasteiger partial charge in [0.2, 0.25) is 0 Å². The first kappa shape index (κ1) is 24.9. The van der Waals surface area contributed by atoms with Crippen molar-refractivity contribution in [1.29, 1.82) is 0 Å². The van der Waals surface area contributed by atoms with Gasteiger partial charge in [0.15, 0.2) is 5.96 Å². The molecular weight excluding hydrogens is 455 g/mol. The van der Waals surface area contributed by atoms with Gasteiger partial charge in [-0.1, -0.05) is 13.8 Å². The zero-order valence-corrected chi connectivity index (χ0v) is 19.9. The highest BCUT2D eigenvalue weighted by atomic mass is 127. The third-order valence-corrected chi connectivity index (χ3v) is 5.23. The zero-order valence-electron chi connectivity index (χ0n) is 17.5. The van der Waals surface area contributed by atoms with Gasteiger partial charge < -0.3 is 25.0 Å². The van der Waals surface area contributed by atoms with Gasteiger partial charge in [0, 0.05) is 65.7 Å². The first-order chi connectivity index (χ1) is 12.7. The van der Waals surface area contributed by atoms with Crippen molar-refractivity contribution in [3.63, 3.8) is 0 Å². The van der Waals surface area contributed by atoms with Crippen LogP contribution in [0.25, 0.3) is 0 Å². The number of hydrogen-bond donors (Lipinski definition) is 2. The molecule has 0 aliphatic carbocycles. The van der Waals surface area contributed by atoms with E-state index in [4.69, 9.17) is 9.47 Å². The van der Waals surface area contributed by atoms with Crippen LogP contribution in [0, 0.1) is 11.8 Å². The van der Waals surface area contributed by atoms with Gasteiger partial charge in [-0.05, 0) is 43.9 Å². The fourth-order valence-corrected chi connectivity index (χ4v) is 3.71. The molecular formula is C20H41IN4O2. The van der Waals surface area contributed by atoms with E-state index < -0.39 is 0 Å². The second kappa shape index (κ2) is 14.8. The van der Waals surface area contributed by atoms with Gasteiger partial charge in [0.25, 0.3) is 0 Å². The van der Waals surface area contributed by atoms with Crippen LogP contribution in [0.15, 0.2) is 4.99 Å². The highest BCUT2D eigenvalue weighted by molar-refractivity contribution is 14.0. The molecule has 2 aliphatic heterocycles. The average Bonchev–Trinajstić information content (AvgIpc) is 2.65. The number of guanidine groups is 1. The molecule has 0 aromatic heterocycles. The van der Waals surface area contributed by atoms with Crippen LogP contribution >= 0.6 is 24.0 Å². The SMILES string of the molecule is CN=C(NCCCOCC1CCOCC1)NC1CCN(CC(C)C)CC1.I. The van der Waals surface area contributed by atoms with E-state index in [1.54, 1.807) is 0 Å². The maximum absolute atomic E-state index is 5.82. The molecule has 2 N–H and O–H groups in total. The van der Waals surface area contributed by atoms with E-state index in [1.807, 2.05) is 7.05 Å². The van der Waals surface area contributed by atoms with Gasteiger partial charge in [-0.3, -0.25) is 4.99 Å². The van der Waals surface area contributed by atoms with E-state index in [9.17, 15) is 0 Å². The fraction of sp³-hybridized carbons (Fsp3) is 0.950. The first-order valence-corrected chi connectivity index (χ1v) is 10.5. The molecule has 2 rings (SSSR count). The quantitative estimate of drug-likeness (QED) is 0.223. The molecule has 2 heterocycles.